The van der Waals surface area contributed by atoms with Crippen LogP contribution in [-0.2, 0) is 0 Å². The summed E-state index contributed by atoms with van der Waals surface area (Å²) in [6.45, 7) is 12.9. The van der Waals surface area contributed by atoms with Gasteiger partial charge in [0.2, 0.25) is 0 Å². The topological polar surface area (TPSA) is 12.0 Å². The van der Waals surface area contributed by atoms with E-state index in [0.717, 1.165) is 23.2 Å². The van der Waals surface area contributed by atoms with Crippen molar-refractivity contribution in [2.24, 2.45) is 23.2 Å². The van der Waals surface area contributed by atoms with E-state index in [-0.39, 0.29) is 0 Å². The summed E-state index contributed by atoms with van der Waals surface area (Å²) in [5.74, 6) is 2.94. The van der Waals surface area contributed by atoms with Crippen molar-refractivity contribution in [2.45, 2.75) is 53.0 Å². The molecular formula is C13H25N. The van der Waals surface area contributed by atoms with E-state index in [1.165, 1.54) is 19.4 Å². The first-order valence-electron chi connectivity index (χ1n) is 6.10. The Kier molecular flexibility index (Phi) is 2.23. The van der Waals surface area contributed by atoms with Gasteiger partial charge in [-0.1, -0.05) is 13.8 Å². The van der Waals surface area contributed by atoms with Crippen molar-refractivity contribution >= 4 is 0 Å². The third kappa shape index (κ3) is 1.60. The molecule has 0 amide bonds. The lowest BCUT2D eigenvalue weighted by Gasteiger charge is -2.43. The summed E-state index contributed by atoms with van der Waals surface area (Å²) in [5.41, 5.74) is 1.07. The van der Waals surface area contributed by atoms with Gasteiger partial charge in [-0.25, -0.2) is 0 Å². The van der Waals surface area contributed by atoms with Gasteiger partial charge in [-0.3, -0.25) is 0 Å². The van der Waals surface area contributed by atoms with Gasteiger partial charge >= 0.3 is 0 Å². The van der Waals surface area contributed by atoms with Crippen molar-refractivity contribution in [1.82, 2.24) is 5.32 Å². The molecule has 0 radical (unpaired) electrons. The molecule has 2 aliphatic rings. The predicted octanol–water partition coefficient (Wildman–Crippen LogP) is 3.06. The normalized spacial score (nSPS) is 46.5. The van der Waals surface area contributed by atoms with Crippen molar-refractivity contribution in [3.63, 3.8) is 0 Å². The van der Waals surface area contributed by atoms with Gasteiger partial charge in [-0.2, -0.15) is 0 Å². The monoisotopic (exact) mass is 195 g/mol. The molecule has 2 saturated carbocycles. The SMILES string of the molecule is CC1CC2(CC2CNC(C)(C)C)C1C. The number of hydrogen-bond acceptors (Lipinski definition) is 1. The minimum Gasteiger partial charge on any atom is -0.312 e. The minimum absolute atomic E-state index is 0.294. The summed E-state index contributed by atoms with van der Waals surface area (Å²) < 4.78 is 0. The van der Waals surface area contributed by atoms with Gasteiger partial charge in [-0.05, 0) is 63.3 Å². The molecule has 2 fully saturated rings. The van der Waals surface area contributed by atoms with Gasteiger partial charge in [0, 0.05) is 5.54 Å². The van der Waals surface area contributed by atoms with E-state index in [0.29, 0.717) is 5.54 Å². The number of hydrogen-bond donors (Lipinski definition) is 1. The summed E-state index contributed by atoms with van der Waals surface area (Å²) in [6, 6.07) is 0. The molecule has 1 nitrogen and oxygen atoms in total. The fourth-order valence-corrected chi connectivity index (χ4v) is 3.28. The van der Waals surface area contributed by atoms with Crippen LogP contribution in [-0.4, -0.2) is 12.1 Å². The Morgan fingerprint density at radius 1 is 1.21 bits per heavy atom. The molecule has 0 aliphatic heterocycles. The molecule has 4 atom stereocenters. The van der Waals surface area contributed by atoms with Gasteiger partial charge < -0.3 is 5.32 Å². The maximum atomic E-state index is 3.64. The highest BCUT2D eigenvalue weighted by molar-refractivity contribution is 5.13. The Hall–Kier alpha value is -0.0400. The van der Waals surface area contributed by atoms with Crippen LogP contribution in [0.25, 0.3) is 0 Å². The van der Waals surface area contributed by atoms with E-state index in [1.54, 1.807) is 0 Å². The van der Waals surface area contributed by atoms with Crippen molar-refractivity contribution in [1.29, 1.82) is 0 Å². The summed E-state index contributed by atoms with van der Waals surface area (Å²) in [4.78, 5) is 0. The molecule has 0 bridgehead atoms. The lowest BCUT2D eigenvalue weighted by atomic mass is 9.62. The van der Waals surface area contributed by atoms with Crippen molar-refractivity contribution < 1.29 is 0 Å². The number of rotatable bonds is 2. The zero-order valence-corrected chi connectivity index (χ0v) is 10.4. The molecule has 0 aromatic carbocycles. The largest absolute Gasteiger partial charge is 0.312 e. The first-order chi connectivity index (χ1) is 6.35. The molecule has 0 aromatic heterocycles. The van der Waals surface area contributed by atoms with Crippen LogP contribution in [0.2, 0.25) is 0 Å². The van der Waals surface area contributed by atoms with Crippen molar-refractivity contribution in [3.8, 4) is 0 Å². The fourth-order valence-electron chi connectivity index (χ4n) is 3.28. The standard InChI is InChI=1S/C13H25N/c1-9-6-13(10(9)2)7-11(13)8-14-12(3,4)5/h9-11,14H,6-8H2,1-5H3. The Morgan fingerprint density at radius 2 is 1.86 bits per heavy atom. The molecule has 1 heteroatoms. The van der Waals surface area contributed by atoms with E-state index in [4.69, 9.17) is 0 Å². The maximum Gasteiger partial charge on any atom is 0.00966 e. The molecule has 0 saturated heterocycles. The second-order valence-corrected chi connectivity index (χ2v) is 6.74. The molecule has 4 unspecified atom stereocenters. The molecule has 0 heterocycles. The zero-order chi connectivity index (χ0) is 10.6. The van der Waals surface area contributed by atoms with Gasteiger partial charge in [0.05, 0.1) is 0 Å². The molecule has 1 spiro atoms. The zero-order valence-electron chi connectivity index (χ0n) is 10.4. The van der Waals surface area contributed by atoms with Crippen LogP contribution >= 0.6 is 0 Å². The quantitative estimate of drug-likeness (QED) is 0.714. The van der Waals surface area contributed by atoms with E-state index >= 15 is 0 Å². The molecule has 0 aromatic rings. The summed E-state index contributed by atoms with van der Waals surface area (Å²) in [6.07, 6.45) is 2.98. The smallest absolute Gasteiger partial charge is 0.00966 e. The summed E-state index contributed by atoms with van der Waals surface area (Å²) >= 11 is 0. The molecule has 2 aliphatic carbocycles. The van der Waals surface area contributed by atoms with E-state index in [9.17, 15) is 0 Å². The minimum atomic E-state index is 0.294. The Bertz CT molecular complexity index is 228. The predicted molar refractivity (Wildman–Crippen MR) is 61.2 cm³/mol. The molecule has 14 heavy (non-hydrogen) atoms. The molecular weight excluding hydrogens is 170 g/mol. The second-order valence-electron chi connectivity index (χ2n) is 6.74. The maximum absolute atomic E-state index is 3.64. The number of nitrogens with one attached hydrogen (secondary N) is 1. The highest BCUT2D eigenvalue weighted by Crippen LogP contribution is 2.70. The van der Waals surface area contributed by atoms with Crippen molar-refractivity contribution in [2.75, 3.05) is 6.54 Å². The second kappa shape index (κ2) is 2.98. The third-order valence-electron chi connectivity index (χ3n) is 4.62. The third-order valence-corrected chi connectivity index (χ3v) is 4.62. The molecule has 82 valence electrons. The van der Waals surface area contributed by atoms with Crippen LogP contribution in [0.3, 0.4) is 0 Å². The highest BCUT2D eigenvalue weighted by atomic mass is 15.0. The van der Waals surface area contributed by atoms with Crippen LogP contribution in [0, 0.1) is 23.2 Å². The lowest BCUT2D eigenvalue weighted by Crippen LogP contribution is -2.41. The first-order valence-corrected chi connectivity index (χ1v) is 6.10. The van der Waals surface area contributed by atoms with Crippen LogP contribution in [0.4, 0.5) is 0 Å². The molecule has 1 N–H and O–H groups in total. The average Bonchev–Trinajstić information content (AvgIpc) is 2.77. The Morgan fingerprint density at radius 3 is 2.29 bits per heavy atom. The van der Waals surface area contributed by atoms with Crippen LogP contribution < -0.4 is 5.32 Å². The Balaban J connectivity index is 1.78. The Labute approximate surface area is 88.7 Å². The average molecular weight is 195 g/mol. The van der Waals surface area contributed by atoms with Crippen molar-refractivity contribution in [3.05, 3.63) is 0 Å². The fraction of sp³-hybridized carbons (Fsp3) is 1.00. The van der Waals surface area contributed by atoms with Gasteiger partial charge in [0.1, 0.15) is 0 Å². The lowest BCUT2D eigenvalue weighted by molar-refractivity contribution is 0.0611. The first kappa shape index (κ1) is 10.5. The van der Waals surface area contributed by atoms with Gasteiger partial charge in [0.25, 0.3) is 0 Å². The van der Waals surface area contributed by atoms with Gasteiger partial charge in [-0.15, -0.1) is 0 Å². The molecule has 2 rings (SSSR count). The van der Waals surface area contributed by atoms with Gasteiger partial charge in [0.15, 0.2) is 0 Å². The van der Waals surface area contributed by atoms with Crippen LogP contribution in [0.15, 0.2) is 0 Å². The van der Waals surface area contributed by atoms with E-state index in [2.05, 4.69) is 39.9 Å². The summed E-state index contributed by atoms with van der Waals surface area (Å²) in [7, 11) is 0. The van der Waals surface area contributed by atoms with E-state index in [1.807, 2.05) is 0 Å². The van der Waals surface area contributed by atoms with Crippen LogP contribution in [0.5, 0.6) is 0 Å². The summed E-state index contributed by atoms with van der Waals surface area (Å²) in [5, 5.41) is 3.64. The van der Waals surface area contributed by atoms with Crippen LogP contribution in [0.1, 0.15) is 47.5 Å². The van der Waals surface area contributed by atoms with E-state index < -0.39 is 0 Å². The highest BCUT2D eigenvalue weighted by Gasteiger charge is 2.64.